The number of anilines is 2. The molecule has 0 radical (unpaired) electrons. The maximum atomic E-state index is 12.6. The van der Waals surface area contributed by atoms with E-state index < -0.39 is 12.7 Å². The fraction of sp³-hybridized carbons (Fsp3) is 0.308. The Balaban J connectivity index is 2.45. The largest absolute Gasteiger partial charge is 0.405 e. The van der Waals surface area contributed by atoms with E-state index in [2.05, 4.69) is 4.98 Å². The van der Waals surface area contributed by atoms with Gasteiger partial charge in [0.05, 0.1) is 18.0 Å². The van der Waals surface area contributed by atoms with Crippen LogP contribution in [0, 0.1) is 0 Å². The van der Waals surface area contributed by atoms with Gasteiger partial charge in [0.15, 0.2) is 0 Å². The summed E-state index contributed by atoms with van der Waals surface area (Å²) in [6, 6.07) is 4.83. The maximum Gasteiger partial charge on any atom is 0.405 e. The Hall–Kier alpha value is -2.02. The first-order valence-electron chi connectivity index (χ1n) is 5.97. The van der Waals surface area contributed by atoms with Gasteiger partial charge in [-0.1, -0.05) is 6.07 Å². The second-order valence-electron chi connectivity index (χ2n) is 4.36. The average Bonchev–Trinajstić information content (AvgIpc) is 2.37. The Morgan fingerprint density at radius 2 is 2.00 bits per heavy atom. The summed E-state index contributed by atoms with van der Waals surface area (Å²) in [5.41, 5.74) is 6.46. The number of fused-ring (bicyclic) bond motifs is 1. The smallest absolute Gasteiger partial charge is 0.397 e. The summed E-state index contributed by atoms with van der Waals surface area (Å²) in [5.74, 6) is 0. The molecule has 0 aliphatic carbocycles. The molecule has 1 aromatic carbocycles. The second kappa shape index (κ2) is 5.54. The van der Waals surface area contributed by atoms with Gasteiger partial charge >= 0.3 is 6.18 Å². The van der Waals surface area contributed by atoms with Crippen molar-refractivity contribution in [2.75, 3.05) is 30.3 Å². The highest BCUT2D eigenvalue weighted by atomic mass is 19.4. The van der Waals surface area contributed by atoms with Gasteiger partial charge in [-0.3, -0.25) is 4.98 Å². The molecule has 2 aromatic rings. The van der Waals surface area contributed by atoms with Gasteiger partial charge in [0.2, 0.25) is 0 Å². The molecule has 1 aromatic heterocycles. The third-order valence-corrected chi connectivity index (χ3v) is 2.92. The zero-order valence-corrected chi connectivity index (χ0v) is 10.6. The van der Waals surface area contributed by atoms with Crippen molar-refractivity contribution in [3.63, 3.8) is 0 Å². The number of nitrogens with two attached hydrogens (primary N) is 1. The summed E-state index contributed by atoms with van der Waals surface area (Å²) >= 11 is 0. The van der Waals surface area contributed by atoms with Gasteiger partial charge in [-0.15, -0.1) is 0 Å². The van der Waals surface area contributed by atoms with E-state index in [0.29, 0.717) is 5.39 Å². The topological polar surface area (TPSA) is 62.4 Å². The molecule has 0 fully saturated rings. The van der Waals surface area contributed by atoms with Crippen LogP contribution in [-0.2, 0) is 0 Å². The Bertz CT molecular complexity index is 601. The van der Waals surface area contributed by atoms with E-state index >= 15 is 0 Å². The molecule has 0 aliphatic rings. The Morgan fingerprint density at radius 3 is 2.65 bits per heavy atom. The Labute approximate surface area is 113 Å². The van der Waals surface area contributed by atoms with Crippen LogP contribution in [0.15, 0.2) is 30.6 Å². The van der Waals surface area contributed by atoms with Crippen LogP contribution in [0.4, 0.5) is 24.5 Å². The van der Waals surface area contributed by atoms with Crippen molar-refractivity contribution in [2.45, 2.75) is 6.18 Å². The maximum absolute atomic E-state index is 12.6. The molecule has 0 aliphatic heterocycles. The van der Waals surface area contributed by atoms with Crippen molar-refractivity contribution in [2.24, 2.45) is 0 Å². The third-order valence-electron chi connectivity index (χ3n) is 2.92. The minimum absolute atomic E-state index is 0.139. The number of pyridine rings is 1. The number of aliphatic hydroxyl groups is 1. The van der Waals surface area contributed by atoms with E-state index in [9.17, 15) is 13.2 Å². The molecule has 108 valence electrons. The van der Waals surface area contributed by atoms with Crippen LogP contribution in [0.1, 0.15) is 0 Å². The molecule has 3 N–H and O–H groups in total. The van der Waals surface area contributed by atoms with Gasteiger partial charge in [0, 0.05) is 29.7 Å². The number of halogens is 3. The van der Waals surface area contributed by atoms with Gasteiger partial charge in [-0.2, -0.15) is 13.2 Å². The van der Waals surface area contributed by atoms with Crippen LogP contribution in [-0.4, -0.2) is 36.0 Å². The van der Waals surface area contributed by atoms with E-state index in [1.807, 2.05) is 0 Å². The summed E-state index contributed by atoms with van der Waals surface area (Å²) in [7, 11) is 0. The monoisotopic (exact) mass is 285 g/mol. The number of aromatic nitrogens is 1. The molecule has 0 atom stereocenters. The zero-order valence-electron chi connectivity index (χ0n) is 10.6. The van der Waals surface area contributed by atoms with E-state index in [4.69, 9.17) is 10.8 Å². The zero-order chi connectivity index (χ0) is 14.8. The number of nitrogen functional groups attached to an aromatic ring is 1. The Kier molecular flexibility index (Phi) is 3.99. The van der Waals surface area contributed by atoms with Gasteiger partial charge < -0.3 is 15.7 Å². The summed E-state index contributed by atoms with van der Waals surface area (Å²) in [4.78, 5) is 4.96. The fourth-order valence-corrected chi connectivity index (χ4v) is 2.08. The van der Waals surface area contributed by atoms with E-state index in [1.165, 1.54) is 12.3 Å². The number of nitrogens with zero attached hydrogens (tertiary/aromatic N) is 2. The van der Waals surface area contributed by atoms with Crippen molar-refractivity contribution in [3.8, 4) is 0 Å². The SMILES string of the molecule is Nc1c(N(CCO)CC(F)(F)F)ccc2cnccc12. The standard InChI is InChI=1S/C13H14F3N3O/c14-13(15,16)8-19(5-6-20)11-2-1-9-7-18-4-3-10(9)12(11)17/h1-4,7,20H,5-6,8,17H2. The summed E-state index contributed by atoms with van der Waals surface area (Å²) in [6.45, 7) is -1.68. The summed E-state index contributed by atoms with van der Waals surface area (Å²) < 4.78 is 37.8. The van der Waals surface area contributed by atoms with Crippen LogP contribution >= 0.6 is 0 Å². The van der Waals surface area contributed by atoms with Crippen molar-refractivity contribution in [3.05, 3.63) is 30.6 Å². The number of benzene rings is 1. The predicted octanol–water partition coefficient (Wildman–Crippen LogP) is 2.18. The van der Waals surface area contributed by atoms with Crippen molar-refractivity contribution < 1.29 is 18.3 Å². The number of hydrogen-bond donors (Lipinski definition) is 2. The number of aliphatic hydroxyl groups excluding tert-OH is 1. The van der Waals surface area contributed by atoms with E-state index in [-0.39, 0.29) is 24.5 Å². The molecule has 0 amide bonds. The first kappa shape index (κ1) is 14.4. The van der Waals surface area contributed by atoms with Gasteiger partial charge in [-0.25, -0.2) is 0 Å². The predicted molar refractivity (Wildman–Crippen MR) is 71.5 cm³/mol. The minimum Gasteiger partial charge on any atom is -0.397 e. The molecule has 0 saturated carbocycles. The van der Waals surface area contributed by atoms with Crippen molar-refractivity contribution in [1.29, 1.82) is 0 Å². The van der Waals surface area contributed by atoms with E-state index in [1.54, 1.807) is 18.3 Å². The second-order valence-corrected chi connectivity index (χ2v) is 4.36. The first-order chi connectivity index (χ1) is 9.42. The average molecular weight is 285 g/mol. The highest BCUT2D eigenvalue weighted by Gasteiger charge is 2.31. The van der Waals surface area contributed by atoms with Gasteiger partial charge in [-0.05, 0) is 12.1 Å². The molecule has 0 saturated heterocycles. The first-order valence-corrected chi connectivity index (χ1v) is 5.97. The van der Waals surface area contributed by atoms with Crippen molar-refractivity contribution in [1.82, 2.24) is 4.98 Å². The molecule has 1 heterocycles. The van der Waals surface area contributed by atoms with Gasteiger partial charge in [0.1, 0.15) is 6.54 Å². The molecular weight excluding hydrogens is 271 g/mol. The molecular formula is C13H14F3N3O. The van der Waals surface area contributed by atoms with Crippen LogP contribution in [0.5, 0.6) is 0 Å². The number of rotatable bonds is 4. The molecule has 0 bridgehead atoms. The third kappa shape index (κ3) is 3.11. The van der Waals surface area contributed by atoms with E-state index in [0.717, 1.165) is 10.3 Å². The lowest BCUT2D eigenvalue weighted by Gasteiger charge is -2.27. The highest BCUT2D eigenvalue weighted by molar-refractivity contribution is 5.98. The highest BCUT2D eigenvalue weighted by Crippen LogP contribution is 2.32. The molecule has 2 rings (SSSR count). The minimum atomic E-state index is -4.37. The van der Waals surface area contributed by atoms with Crippen molar-refractivity contribution >= 4 is 22.1 Å². The summed E-state index contributed by atoms with van der Waals surface area (Å²) in [6.07, 6.45) is -1.24. The molecule has 20 heavy (non-hydrogen) atoms. The lowest BCUT2D eigenvalue weighted by molar-refractivity contribution is -0.119. The Morgan fingerprint density at radius 1 is 1.25 bits per heavy atom. The number of hydrogen-bond acceptors (Lipinski definition) is 4. The van der Waals surface area contributed by atoms with Crippen LogP contribution in [0.25, 0.3) is 10.8 Å². The van der Waals surface area contributed by atoms with Crippen LogP contribution < -0.4 is 10.6 Å². The number of alkyl halides is 3. The fourth-order valence-electron chi connectivity index (χ4n) is 2.08. The summed E-state index contributed by atoms with van der Waals surface area (Å²) in [5, 5.41) is 10.3. The quantitative estimate of drug-likeness (QED) is 0.845. The van der Waals surface area contributed by atoms with Crippen LogP contribution in [0.2, 0.25) is 0 Å². The lowest BCUT2D eigenvalue weighted by atomic mass is 10.1. The molecule has 7 heteroatoms. The molecule has 0 unspecified atom stereocenters. The lowest BCUT2D eigenvalue weighted by Crippen LogP contribution is -2.36. The molecule has 4 nitrogen and oxygen atoms in total. The molecule has 0 spiro atoms. The van der Waals surface area contributed by atoms with Crippen LogP contribution in [0.3, 0.4) is 0 Å². The van der Waals surface area contributed by atoms with Gasteiger partial charge in [0.25, 0.3) is 0 Å². The normalized spacial score (nSPS) is 11.8.